The minimum atomic E-state index is -0.452. The molecule has 0 atom stereocenters. The molecule has 12 heteroatoms. The zero-order chi connectivity index (χ0) is 27.7. The standard InChI is InChI=1S/C26H31N5O6S/c1-6-31-22(14-27-24(33)17-10-11-20(35-4)21(13-17)36-5)29-30-26(31)38-15-23(32)28-19-9-7-8-18(12-19)25(34)37-16(2)3/h7-13,16H,6,14-15H2,1-5H3,(H,27,33)(H,28,32). The molecule has 38 heavy (non-hydrogen) atoms. The third kappa shape index (κ3) is 7.48. The molecule has 0 spiro atoms. The number of hydrogen-bond acceptors (Lipinski definition) is 9. The molecule has 3 rings (SSSR count). The number of anilines is 1. The number of carbonyl (C=O) groups is 3. The lowest BCUT2D eigenvalue weighted by Gasteiger charge is -2.11. The van der Waals surface area contributed by atoms with Crippen LogP contribution in [0, 0.1) is 0 Å². The second-order valence-electron chi connectivity index (χ2n) is 8.27. The van der Waals surface area contributed by atoms with Crippen molar-refractivity contribution in [1.82, 2.24) is 20.1 Å². The van der Waals surface area contributed by atoms with E-state index in [9.17, 15) is 14.4 Å². The van der Waals surface area contributed by atoms with Crippen LogP contribution in [0.3, 0.4) is 0 Å². The van der Waals surface area contributed by atoms with Gasteiger partial charge in [0.2, 0.25) is 5.91 Å². The number of ether oxygens (including phenoxy) is 3. The highest BCUT2D eigenvalue weighted by molar-refractivity contribution is 7.99. The smallest absolute Gasteiger partial charge is 0.338 e. The number of rotatable bonds is 12. The van der Waals surface area contributed by atoms with Crippen LogP contribution in [0.5, 0.6) is 11.5 Å². The molecule has 0 aliphatic heterocycles. The first kappa shape index (κ1) is 28.5. The van der Waals surface area contributed by atoms with Crippen LogP contribution in [0.1, 0.15) is 47.3 Å². The van der Waals surface area contributed by atoms with Crippen molar-refractivity contribution < 1.29 is 28.6 Å². The monoisotopic (exact) mass is 541 g/mol. The number of benzene rings is 2. The maximum absolute atomic E-state index is 12.6. The van der Waals surface area contributed by atoms with Crippen LogP contribution in [0.2, 0.25) is 0 Å². The molecule has 0 saturated carbocycles. The Labute approximate surface area is 225 Å². The fourth-order valence-corrected chi connectivity index (χ4v) is 4.27. The summed E-state index contributed by atoms with van der Waals surface area (Å²) in [5.74, 6) is 0.602. The number of methoxy groups -OCH3 is 2. The second kappa shape index (κ2) is 13.5. The molecule has 0 saturated heterocycles. The molecule has 0 radical (unpaired) electrons. The van der Waals surface area contributed by atoms with Crippen LogP contribution >= 0.6 is 11.8 Å². The van der Waals surface area contributed by atoms with E-state index in [2.05, 4.69) is 20.8 Å². The van der Waals surface area contributed by atoms with Crippen LogP contribution in [0.25, 0.3) is 0 Å². The summed E-state index contributed by atoms with van der Waals surface area (Å²) in [5.41, 5.74) is 1.26. The quantitative estimate of drug-likeness (QED) is 0.261. The van der Waals surface area contributed by atoms with Crippen molar-refractivity contribution >= 4 is 35.2 Å². The fraction of sp³-hybridized carbons (Fsp3) is 0.346. The summed E-state index contributed by atoms with van der Waals surface area (Å²) in [5, 5.41) is 14.5. The Morgan fingerprint density at radius 1 is 1.00 bits per heavy atom. The Balaban J connectivity index is 1.57. The molecule has 0 aliphatic rings. The first-order valence-electron chi connectivity index (χ1n) is 11.9. The van der Waals surface area contributed by atoms with E-state index in [0.29, 0.717) is 45.8 Å². The van der Waals surface area contributed by atoms with Gasteiger partial charge in [0.05, 0.1) is 38.2 Å². The van der Waals surface area contributed by atoms with Crippen molar-refractivity contribution in [3.8, 4) is 11.5 Å². The van der Waals surface area contributed by atoms with Crippen molar-refractivity contribution in [3.63, 3.8) is 0 Å². The molecule has 0 unspecified atom stereocenters. The summed E-state index contributed by atoms with van der Waals surface area (Å²) in [6, 6.07) is 11.5. The first-order chi connectivity index (χ1) is 18.2. The van der Waals surface area contributed by atoms with Crippen LogP contribution in [0.15, 0.2) is 47.6 Å². The second-order valence-corrected chi connectivity index (χ2v) is 9.21. The highest BCUT2D eigenvalue weighted by atomic mass is 32.2. The van der Waals surface area contributed by atoms with Crippen molar-refractivity contribution in [2.75, 3.05) is 25.3 Å². The van der Waals surface area contributed by atoms with Gasteiger partial charge in [-0.05, 0) is 57.2 Å². The number of esters is 1. The van der Waals surface area contributed by atoms with Crippen LogP contribution in [-0.4, -0.2) is 58.6 Å². The molecular formula is C26H31N5O6S. The number of nitrogens with one attached hydrogen (secondary N) is 2. The van der Waals surface area contributed by atoms with Crippen LogP contribution < -0.4 is 20.1 Å². The van der Waals surface area contributed by atoms with Gasteiger partial charge in [0.1, 0.15) is 0 Å². The molecule has 2 N–H and O–H groups in total. The average molecular weight is 542 g/mol. The fourth-order valence-electron chi connectivity index (χ4n) is 3.45. The van der Waals surface area contributed by atoms with Gasteiger partial charge in [0, 0.05) is 17.8 Å². The van der Waals surface area contributed by atoms with Gasteiger partial charge in [0.25, 0.3) is 5.91 Å². The van der Waals surface area contributed by atoms with E-state index in [1.165, 1.54) is 26.0 Å². The first-order valence-corrected chi connectivity index (χ1v) is 12.9. The predicted octanol–water partition coefficient (Wildman–Crippen LogP) is 3.54. The summed E-state index contributed by atoms with van der Waals surface area (Å²) < 4.78 is 17.5. The molecule has 11 nitrogen and oxygen atoms in total. The maximum Gasteiger partial charge on any atom is 0.338 e. The number of thioether (sulfide) groups is 1. The van der Waals surface area contributed by atoms with E-state index < -0.39 is 5.97 Å². The van der Waals surface area contributed by atoms with E-state index in [1.807, 2.05) is 11.5 Å². The Morgan fingerprint density at radius 3 is 2.45 bits per heavy atom. The van der Waals surface area contributed by atoms with Gasteiger partial charge in [-0.15, -0.1) is 10.2 Å². The molecule has 1 aromatic heterocycles. The number of nitrogens with zero attached hydrogens (tertiary/aromatic N) is 3. The van der Waals surface area contributed by atoms with Crippen molar-refractivity contribution in [3.05, 3.63) is 59.4 Å². The zero-order valence-corrected chi connectivity index (χ0v) is 22.8. The predicted molar refractivity (Wildman–Crippen MR) is 143 cm³/mol. The molecular weight excluding hydrogens is 510 g/mol. The molecule has 2 amide bonds. The molecule has 0 fully saturated rings. The highest BCUT2D eigenvalue weighted by Crippen LogP contribution is 2.27. The lowest BCUT2D eigenvalue weighted by atomic mass is 10.2. The van der Waals surface area contributed by atoms with Gasteiger partial charge in [0.15, 0.2) is 22.5 Å². The van der Waals surface area contributed by atoms with Crippen molar-refractivity contribution in [2.45, 2.75) is 45.1 Å². The summed E-state index contributed by atoms with van der Waals surface area (Å²) in [6.07, 6.45) is -0.239. The number of aromatic nitrogens is 3. The molecule has 0 aliphatic carbocycles. The summed E-state index contributed by atoms with van der Waals surface area (Å²) >= 11 is 1.22. The Kier molecular flexibility index (Phi) is 10.1. The van der Waals surface area contributed by atoms with Gasteiger partial charge in [-0.25, -0.2) is 4.79 Å². The van der Waals surface area contributed by atoms with Gasteiger partial charge in [-0.2, -0.15) is 0 Å². The minimum absolute atomic E-state index is 0.0802. The van der Waals surface area contributed by atoms with Gasteiger partial charge in [-0.1, -0.05) is 17.8 Å². The van der Waals surface area contributed by atoms with Crippen LogP contribution in [-0.2, 0) is 22.6 Å². The summed E-state index contributed by atoms with van der Waals surface area (Å²) in [6.45, 7) is 6.18. The third-order valence-corrected chi connectivity index (χ3v) is 6.19. The van der Waals surface area contributed by atoms with E-state index in [1.54, 1.807) is 56.3 Å². The molecule has 2 aromatic carbocycles. The van der Waals surface area contributed by atoms with E-state index in [-0.39, 0.29) is 30.2 Å². The normalized spacial score (nSPS) is 10.7. The largest absolute Gasteiger partial charge is 0.493 e. The van der Waals surface area contributed by atoms with Gasteiger partial charge < -0.3 is 29.4 Å². The topological polar surface area (TPSA) is 134 Å². The van der Waals surface area contributed by atoms with Crippen molar-refractivity contribution in [2.24, 2.45) is 0 Å². The van der Waals surface area contributed by atoms with Gasteiger partial charge >= 0.3 is 5.97 Å². The Morgan fingerprint density at radius 2 is 1.76 bits per heavy atom. The van der Waals surface area contributed by atoms with E-state index in [0.717, 1.165) is 0 Å². The van der Waals surface area contributed by atoms with Gasteiger partial charge in [-0.3, -0.25) is 9.59 Å². The Bertz CT molecular complexity index is 1290. The molecule has 3 aromatic rings. The molecule has 202 valence electrons. The summed E-state index contributed by atoms with van der Waals surface area (Å²) in [4.78, 5) is 37.3. The lowest BCUT2D eigenvalue weighted by molar-refractivity contribution is -0.113. The number of amides is 2. The number of carbonyl (C=O) groups excluding carboxylic acids is 3. The average Bonchev–Trinajstić information content (AvgIpc) is 3.31. The molecule has 0 bridgehead atoms. The number of hydrogen-bond donors (Lipinski definition) is 2. The molecule has 1 heterocycles. The van der Waals surface area contributed by atoms with E-state index >= 15 is 0 Å². The van der Waals surface area contributed by atoms with Crippen LogP contribution in [0.4, 0.5) is 5.69 Å². The Hall–Kier alpha value is -4.06. The van der Waals surface area contributed by atoms with Crippen molar-refractivity contribution in [1.29, 1.82) is 0 Å². The maximum atomic E-state index is 12.6. The highest BCUT2D eigenvalue weighted by Gasteiger charge is 2.16. The van der Waals surface area contributed by atoms with E-state index in [4.69, 9.17) is 14.2 Å². The zero-order valence-electron chi connectivity index (χ0n) is 21.9. The third-order valence-electron chi connectivity index (χ3n) is 5.22. The summed E-state index contributed by atoms with van der Waals surface area (Å²) in [7, 11) is 3.03. The SMILES string of the molecule is CCn1c(CNC(=O)c2ccc(OC)c(OC)c2)nnc1SCC(=O)Nc1cccc(C(=O)OC(C)C)c1. The minimum Gasteiger partial charge on any atom is -0.493 e. The lowest BCUT2D eigenvalue weighted by Crippen LogP contribution is -2.25.